The molecule has 0 saturated carbocycles. The molecule has 2 aromatic rings. The molecule has 2 aliphatic rings. The lowest BCUT2D eigenvalue weighted by Gasteiger charge is -2.30. The van der Waals surface area contributed by atoms with Crippen LogP contribution >= 0.6 is 0 Å². The zero-order valence-corrected chi connectivity index (χ0v) is 16.6. The van der Waals surface area contributed by atoms with Crippen molar-refractivity contribution in [3.05, 3.63) is 59.2 Å². The minimum Gasteiger partial charge on any atom is -0.323 e. The first-order valence-corrected chi connectivity index (χ1v) is 11.2. The Hall–Kier alpha value is -2.32. The smallest absolute Gasteiger partial charge is 0.243 e. The molecule has 1 amide bonds. The molecule has 4 rings (SSSR count). The van der Waals surface area contributed by atoms with Crippen molar-refractivity contribution in [3.63, 3.8) is 0 Å². The van der Waals surface area contributed by atoms with Crippen molar-refractivity contribution in [2.75, 3.05) is 18.4 Å². The quantitative estimate of drug-likeness (QED) is 0.823. The van der Waals surface area contributed by atoms with E-state index in [1.807, 2.05) is 6.07 Å². The number of hydrogen-bond acceptors (Lipinski definition) is 3. The molecule has 154 valence electrons. The normalized spacial score (nSPS) is 17.9. The fourth-order valence-electron chi connectivity index (χ4n) is 4.04. The van der Waals surface area contributed by atoms with E-state index in [2.05, 4.69) is 5.32 Å². The van der Waals surface area contributed by atoms with Crippen LogP contribution in [-0.2, 0) is 27.7 Å². The van der Waals surface area contributed by atoms with Crippen LogP contribution in [0.3, 0.4) is 0 Å². The second-order valence-corrected chi connectivity index (χ2v) is 9.51. The van der Waals surface area contributed by atoms with Crippen LogP contribution in [0.1, 0.15) is 30.4 Å². The lowest BCUT2D eigenvalue weighted by molar-refractivity contribution is -0.120. The van der Waals surface area contributed by atoms with Crippen molar-refractivity contribution in [2.24, 2.45) is 5.92 Å². The number of fused-ring (bicyclic) bond motifs is 1. The molecule has 1 heterocycles. The Morgan fingerprint density at radius 1 is 1.00 bits per heavy atom. The van der Waals surface area contributed by atoms with Gasteiger partial charge < -0.3 is 5.32 Å². The molecule has 1 N–H and O–H groups in total. The van der Waals surface area contributed by atoms with Gasteiger partial charge in [-0.05, 0) is 67.5 Å². The van der Waals surface area contributed by atoms with Gasteiger partial charge in [0.05, 0.1) is 10.6 Å². The van der Waals surface area contributed by atoms with Crippen LogP contribution in [0.5, 0.6) is 0 Å². The van der Waals surface area contributed by atoms with E-state index in [9.17, 15) is 22.0 Å². The van der Waals surface area contributed by atoms with Crippen molar-refractivity contribution in [1.29, 1.82) is 0 Å². The van der Waals surface area contributed by atoms with Gasteiger partial charge in [0.15, 0.2) is 0 Å². The Bertz CT molecular complexity index is 1050. The highest BCUT2D eigenvalue weighted by Gasteiger charge is 2.32. The molecule has 0 unspecified atom stereocenters. The Labute approximate surface area is 168 Å². The highest BCUT2D eigenvalue weighted by Crippen LogP contribution is 2.29. The largest absolute Gasteiger partial charge is 0.323 e. The number of rotatable bonds is 4. The number of piperidine rings is 1. The maximum Gasteiger partial charge on any atom is 0.243 e. The maximum atomic E-state index is 13.7. The summed E-state index contributed by atoms with van der Waals surface area (Å²) in [5, 5.41) is 2.47. The minimum absolute atomic E-state index is 0.0791. The fourth-order valence-corrected chi connectivity index (χ4v) is 5.56. The average molecular weight is 420 g/mol. The number of sulfonamides is 1. The van der Waals surface area contributed by atoms with Crippen LogP contribution in [0.4, 0.5) is 14.5 Å². The maximum absolute atomic E-state index is 13.7. The summed E-state index contributed by atoms with van der Waals surface area (Å²) in [4.78, 5) is 12.7. The summed E-state index contributed by atoms with van der Waals surface area (Å²) in [6.45, 7) is 0.451. The summed E-state index contributed by atoms with van der Waals surface area (Å²) in [6.07, 6.45) is 3.64. The average Bonchev–Trinajstić information content (AvgIpc) is 3.18. The minimum atomic E-state index is -3.60. The van der Waals surface area contributed by atoms with Gasteiger partial charge in [-0.25, -0.2) is 17.2 Å². The third-order valence-electron chi connectivity index (χ3n) is 5.72. The molecule has 0 spiro atoms. The number of hydrogen-bond donors (Lipinski definition) is 1. The third-order valence-corrected chi connectivity index (χ3v) is 7.62. The van der Waals surface area contributed by atoms with E-state index in [4.69, 9.17) is 0 Å². The number of anilines is 1. The molecular weight excluding hydrogens is 398 g/mol. The number of nitrogens with one attached hydrogen (secondary N) is 1. The third kappa shape index (κ3) is 4.04. The van der Waals surface area contributed by atoms with Crippen molar-refractivity contribution in [1.82, 2.24) is 4.31 Å². The number of halogens is 2. The molecule has 5 nitrogen and oxygen atoms in total. The molecule has 29 heavy (non-hydrogen) atoms. The molecule has 1 fully saturated rings. The Morgan fingerprint density at radius 2 is 1.72 bits per heavy atom. The number of amides is 1. The molecule has 2 aromatic carbocycles. The van der Waals surface area contributed by atoms with Crippen LogP contribution < -0.4 is 5.32 Å². The predicted octanol–water partition coefficient (Wildman–Crippen LogP) is 3.49. The summed E-state index contributed by atoms with van der Waals surface area (Å²) in [5.74, 6) is -2.36. The van der Waals surface area contributed by atoms with E-state index < -0.39 is 27.6 Å². The molecule has 0 radical (unpaired) electrons. The van der Waals surface area contributed by atoms with E-state index in [0.717, 1.165) is 30.9 Å². The van der Waals surface area contributed by atoms with E-state index in [0.29, 0.717) is 23.8 Å². The summed E-state index contributed by atoms with van der Waals surface area (Å²) in [5.41, 5.74) is 2.23. The number of aryl methyl sites for hydroxylation is 2. The SMILES string of the molecule is O=C(Nc1ccc(F)cc1F)C1CCN(S(=O)(=O)c2ccc3c(c2)CCC3)CC1. The fraction of sp³-hybridized carbons (Fsp3) is 0.381. The van der Waals surface area contributed by atoms with Crippen molar-refractivity contribution < 1.29 is 22.0 Å². The lowest BCUT2D eigenvalue weighted by atomic mass is 9.97. The van der Waals surface area contributed by atoms with Gasteiger partial charge in [0.1, 0.15) is 11.6 Å². The summed E-state index contributed by atoms with van der Waals surface area (Å²) in [7, 11) is -3.60. The van der Waals surface area contributed by atoms with Crippen LogP contribution in [0.25, 0.3) is 0 Å². The summed E-state index contributed by atoms with van der Waals surface area (Å²) < 4.78 is 54.1. The van der Waals surface area contributed by atoms with Gasteiger partial charge in [0.2, 0.25) is 15.9 Å². The first-order valence-electron chi connectivity index (χ1n) is 9.72. The van der Waals surface area contributed by atoms with E-state index in [1.165, 1.54) is 15.9 Å². The summed E-state index contributed by atoms with van der Waals surface area (Å²) in [6, 6.07) is 8.29. The first-order chi connectivity index (χ1) is 13.8. The first kappa shape index (κ1) is 20.0. The van der Waals surface area contributed by atoms with Gasteiger partial charge in [-0.2, -0.15) is 4.31 Å². The van der Waals surface area contributed by atoms with Crippen molar-refractivity contribution in [2.45, 2.75) is 37.0 Å². The van der Waals surface area contributed by atoms with Crippen molar-refractivity contribution >= 4 is 21.6 Å². The molecule has 1 aliphatic carbocycles. The van der Waals surface area contributed by atoms with Gasteiger partial charge in [-0.15, -0.1) is 0 Å². The van der Waals surface area contributed by atoms with Crippen LogP contribution in [0.2, 0.25) is 0 Å². The molecule has 8 heteroatoms. The van der Waals surface area contributed by atoms with Gasteiger partial charge >= 0.3 is 0 Å². The van der Waals surface area contributed by atoms with Crippen molar-refractivity contribution in [3.8, 4) is 0 Å². The molecule has 1 aliphatic heterocycles. The summed E-state index contributed by atoms with van der Waals surface area (Å²) >= 11 is 0. The number of carbonyl (C=O) groups excluding carboxylic acids is 1. The van der Waals surface area contributed by atoms with E-state index in [1.54, 1.807) is 12.1 Å². The van der Waals surface area contributed by atoms with Crippen LogP contribution in [0.15, 0.2) is 41.3 Å². The molecular formula is C21H22F2N2O3S. The second kappa shape index (κ2) is 7.84. The monoisotopic (exact) mass is 420 g/mol. The number of carbonyl (C=O) groups is 1. The topological polar surface area (TPSA) is 66.5 Å². The van der Waals surface area contributed by atoms with E-state index >= 15 is 0 Å². The standard InChI is InChI=1S/C21H22F2N2O3S/c22-17-5-7-20(19(23)13-17)24-21(26)15-8-10-25(11-9-15)29(27,28)18-6-4-14-2-1-3-16(14)12-18/h4-7,12-13,15H,1-3,8-11H2,(H,24,26). The second-order valence-electron chi connectivity index (χ2n) is 7.58. The number of benzene rings is 2. The number of nitrogens with zero attached hydrogens (tertiary/aromatic N) is 1. The van der Waals surface area contributed by atoms with E-state index in [-0.39, 0.29) is 24.7 Å². The van der Waals surface area contributed by atoms with Gasteiger partial charge in [0, 0.05) is 25.1 Å². The van der Waals surface area contributed by atoms with Gasteiger partial charge in [-0.3, -0.25) is 4.79 Å². The van der Waals surface area contributed by atoms with Crippen LogP contribution in [-0.4, -0.2) is 31.7 Å². The molecule has 0 bridgehead atoms. The lowest BCUT2D eigenvalue weighted by Crippen LogP contribution is -2.41. The highest BCUT2D eigenvalue weighted by molar-refractivity contribution is 7.89. The zero-order valence-electron chi connectivity index (χ0n) is 15.8. The molecule has 1 saturated heterocycles. The van der Waals surface area contributed by atoms with Crippen LogP contribution in [0, 0.1) is 17.6 Å². The Morgan fingerprint density at radius 3 is 2.45 bits per heavy atom. The zero-order chi connectivity index (χ0) is 20.6. The molecule has 0 atom stereocenters. The highest BCUT2D eigenvalue weighted by atomic mass is 32.2. The van der Waals surface area contributed by atoms with Gasteiger partial charge in [0.25, 0.3) is 0 Å². The Kier molecular flexibility index (Phi) is 5.40. The predicted molar refractivity (Wildman–Crippen MR) is 105 cm³/mol. The Balaban J connectivity index is 1.40. The van der Waals surface area contributed by atoms with Gasteiger partial charge in [-0.1, -0.05) is 6.07 Å². The molecule has 0 aromatic heterocycles.